The summed E-state index contributed by atoms with van der Waals surface area (Å²) in [4.78, 5) is 0.163. The van der Waals surface area contributed by atoms with Crippen molar-refractivity contribution in [2.75, 3.05) is 11.8 Å². The van der Waals surface area contributed by atoms with Gasteiger partial charge in [0.25, 0.3) is 10.0 Å². The highest BCUT2D eigenvalue weighted by molar-refractivity contribution is 7.92. The van der Waals surface area contributed by atoms with E-state index in [9.17, 15) is 8.42 Å². The topological polar surface area (TPSA) is 76.0 Å². The van der Waals surface area contributed by atoms with Gasteiger partial charge >= 0.3 is 0 Å². The molecule has 6 nitrogen and oxygen atoms in total. The largest absolute Gasteiger partial charge is 0.316 e. The molecule has 2 rings (SSSR count). The number of benzene rings is 1. The van der Waals surface area contributed by atoms with Crippen LogP contribution in [0.5, 0.6) is 0 Å². The Morgan fingerprint density at radius 2 is 2.15 bits per heavy atom. The Morgan fingerprint density at radius 3 is 2.75 bits per heavy atom. The smallest absolute Gasteiger partial charge is 0.262 e. The Kier molecular flexibility index (Phi) is 4.32. The molecule has 0 unspecified atom stereocenters. The molecule has 0 amide bonds. The van der Waals surface area contributed by atoms with Crippen LogP contribution in [0.3, 0.4) is 0 Å². The minimum atomic E-state index is -3.65. The van der Waals surface area contributed by atoms with Gasteiger partial charge < -0.3 is 5.32 Å². The molecule has 0 aliphatic heterocycles. The van der Waals surface area contributed by atoms with Gasteiger partial charge in [-0.15, -0.1) is 0 Å². The van der Waals surface area contributed by atoms with E-state index in [1.807, 2.05) is 0 Å². The van der Waals surface area contributed by atoms with Crippen molar-refractivity contribution in [1.82, 2.24) is 15.1 Å². The normalized spacial score (nSPS) is 11.6. The zero-order valence-electron chi connectivity index (χ0n) is 11.1. The Hall–Kier alpha value is -1.57. The molecule has 20 heavy (non-hydrogen) atoms. The van der Waals surface area contributed by atoms with Crippen molar-refractivity contribution < 1.29 is 8.42 Å². The molecular weight excluding hydrogens is 300 g/mol. The predicted octanol–water partition coefficient (Wildman–Crippen LogP) is 1.59. The monoisotopic (exact) mass is 314 g/mol. The zero-order chi connectivity index (χ0) is 14.8. The Balaban J connectivity index is 2.31. The molecule has 0 aliphatic rings. The molecule has 0 saturated carbocycles. The molecule has 8 heteroatoms. The van der Waals surface area contributed by atoms with Crippen LogP contribution in [-0.2, 0) is 23.6 Å². The fourth-order valence-electron chi connectivity index (χ4n) is 1.73. The molecule has 0 spiro atoms. The van der Waals surface area contributed by atoms with Crippen molar-refractivity contribution in [2.45, 2.75) is 11.4 Å². The van der Waals surface area contributed by atoms with Crippen LogP contribution in [0.4, 0.5) is 5.69 Å². The van der Waals surface area contributed by atoms with E-state index in [0.29, 0.717) is 17.3 Å². The standard InChI is InChI=1S/C12H15ClN4O2S/c1-14-6-9-5-11(3-4-12(9)13)20(18,19)16-10-7-15-17(2)8-10/h3-5,7-8,14,16H,6H2,1-2H3. The lowest BCUT2D eigenvalue weighted by molar-refractivity contribution is 0.601. The summed E-state index contributed by atoms with van der Waals surface area (Å²) in [5, 5.41) is 7.39. The van der Waals surface area contributed by atoms with Crippen molar-refractivity contribution in [3.8, 4) is 0 Å². The summed E-state index contributed by atoms with van der Waals surface area (Å²) in [7, 11) is -0.165. The molecule has 2 N–H and O–H groups in total. The number of aromatic nitrogens is 2. The fourth-order valence-corrected chi connectivity index (χ4v) is 2.99. The van der Waals surface area contributed by atoms with Gasteiger partial charge in [0.1, 0.15) is 0 Å². The van der Waals surface area contributed by atoms with E-state index in [1.165, 1.54) is 16.9 Å². The average molecular weight is 315 g/mol. The number of hydrogen-bond donors (Lipinski definition) is 2. The molecule has 1 aromatic heterocycles. The van der Waals surface area contributed by atoms with Crippen LogP contribution in [-0.4, -0.2) is 25.2 Å². The molecule has 0 radical (unpaired) electrons. The van der Waals surface area contributed by atoms with Crippen LogP contribution in [0, 0.1) is 0 Å². The van der Waals surface area contributed by atoms with Crippen molar-refractivity contribution >= 4 is 27.3 Å². The summed E-state index contributed by atoms with van der Waals surface area (Å²) in [6, 6.07) is 4.60. The second-order valence-electron chi connectivity index (χ2n) is 4.29. The quantitative estimate of drug-likeness (QED) is 0.879. The Morgan fingerprint density at radius 1 is 1.40 bits per heavy atom. The molecular formula is C12H15ClN4O2S. The van der Waals surface area contributed by atoms with Gasteiger partial charge in [0, 0.05) is 24.8 Å². The van der Waals surface area contributed by atoms with E-state index in [1.54, 1.807) is 32.4 Å². The number of nitrogens with zero attached hydrogens (tertiary/aromatic N) is 2. The third-order valence-electron chi connectivity index (χ3n) is 2.65. The molecule has 0 aliphatic carbocycles. The number of nitrogens with one attached hydrogen (secondary N) is 2. The van der Waals surface area contributed by atoms with Gasteiger partial charge in [0.2, 0.25) is 0 Å². The van der Waals surface area contributed by atoms with E-state index in [4.69, 9.17) is 11.6 Å². The van der Waals surface area contributed by atoms with Gasteiger partial charge in [0.05, 0.1) is 16.8 Å². The van der Waals surface area contributed by atoms with Crippen LogP contribution < -0.4 is 10.0 Å². The molecule has 0 saturated heterocycles. The summed E-state index contributed by atoms with van der Waals surface area (Å²) in [5.74, 6) is 0. The first-order chi connectivity index (χ1) is 9.42. The van der Waals surface area contributed by atoms with Crippen LogP contribution >= 0.6 is 11.6 Å². The van der Waals surface area contributed by atoms with Crippen LogP contribution in [0.25, 0.3) is 0 Å². The Labute approximate surface area is 122 Å². The highest BCUT2D eigenvalue weighted by atomic mass is 35.5. The maximum atomic E-state index is 12.3. The van der Waals surface area contributed by atoms with E-state index >= 15 is 0 Å². The lowest BCUT2D eigenvalue weighted by Crippen LogP contribution is -2.14. The number of hydrogen-bond acceptors (Lipinski definition) is 4. The first-order valence-corrected chi connectivity index (χ1v) is 7.73. The van der Waals surface area contributed by atoms with Gasteiger partial charge in [-0.3, -0.25) is 9.40 Å². The van der Waals surface area contributed by atoms with E-state index < -0.39 is 10.0 Å². The van der Waals surface area contributed by atoms with Crippen molar-refractivity contribution in [3.63, 3.8) is 0 Å². The number of halogens is 1. The highest BCUT2D eigenvalue weighted by Crippen LogP contribution is 2.22. The third kappa shape index (κ3) is 3.30. The lowest BCUT2D eigenvalue weighted by Gasteiger charge is -2.09. The van der Waals surface area contributed by atoms with Crippen LogP contribution in [0.1, 0.15) is 5.56 Å². The van der Waals surface area contributed by atoms with Gasteiger partial charge in [-0.2, -0.15) is 5.10 Å². The molecule has 108 valence electrons. The van der Waals surface area contributed by atoms with Crippen molar-refractivity contribution in [1.29, 1.82) is 0 Å². The molecule has 1 aromatic carbocycles. The summed E-state index contributed by atoms with van der Waals surface area (Å²) in [5.41, 5.74) is 1.14. The first kappa shape index (κ1) is 14.8. The maximum Gasteiger partial charge on any atom is 0.262 e. The lowest BCUT2D eigenvalue weighted by atomic mass is 10.2. The molecule has 0 atom stereocenters. The molecule has 0 bridgehead atoms. The zero-order valence-corrected chi connectivity index (χ0v) is 12.7. The Bertz CT molecular complexity index is 712. The van der Waals surface area contributed by atoms with Crippen LogP contribution in [0.15, 0.2) is 35.5 Å². The summed E-state index contributed by atoms with van der Waals surface area (Å²) in [6.07, 6.45) is 3.03. The maximum absolute atomic E-state index is 12.3. The fraction of sp³-hybridized carbons (Fsp3) is 0.250. The summed E-state index contributed by atoms with van der Waals surface area (Å²) in [6.45, 7) is 0.495. The average Bonchev–Trinajstić information content (AvgIpc) is 2.77. The number of anilines is 1. The number of aryl methyl sites for hydroxylation is 1. The number of rotatable bonds is 5. The van der Waals surface area contributed by atoms with Crippen molar-refractivity contribution in [2.24, 2.45) is 7.05 Å². The third-order valence-corrected chi connectivity index (χ3v) is 4.40. The molecule has 1 heterocycles. The van der Waals surface area contributed by atoms with Gasteiger partial charge in [-0.25, -0.2) is 8.42 Å². The van der Waals surface area contributed by atoms with E-state index in [0.717, 1.165) is 5.56 Å². The second-order valence-corrected chi connectivity index (χ2v) is 6.38. The first-order valence-electron chi connectivity index (χ1n) is 5.87. The minimum absolute atomic E-state index is 0.163. The van der Waals surface area contributed by atoms with Gasteiger partial charge in [-0.1, -0.05) is 11.6 Å². The highest BCUT2D eigenvalue weighted by Gasteiger charge is 2.16. The van der Waals surface area contributed by atoms with Crippen LogP contribution in [0.2, 0.25) is 5.02 Å². The molecule has 2 aromatic rings. The SMILES string of the molecule is CNCc1cc(S(=O)(=O)Nc2cnn(C)c2)ccc1Cl. The van der Waals surface area contributed by atoms with Gasteiger partial charge in [-0.05, 0) is 30.8 Å². The minimum Gasteiger partial charge on any atom is -0.316 e. The van der Waals surface area contributed by atoms with E-state index in [2.05, 4.69) is 15.1 Å². The molecule has 0 fully saturated rings. The van der Waals surface area contributed by atoms with Gasteiger partial charge in [0.15, 0.2) is 0 Å². The number of sulfonamides is 1. The summed E-state index contributed by atoms with van der Waals surface area (Å²) >= 11 is 6.02. The predicted molar refractivity (Wildman–Crippen MR) is 78.2 cm³/mol. The van der Waals surface area contributed by atoms with Crippen molar-refractivity contribution in [3.05, 3.63) is 41.2 Å². The van der Waals surface area contributed by atoms with E-state index in [-0.39, 0.29) is 4.90 Å². The second kappa shape index (κ2) is 5.82. The summed E-state index contributed by atoms with van der Waals surface area (Å²) < 4.78 is 28.5.